The third-order valence-corrected chi connectivity index (χ3v) is 3.39. The molecule has 4 aromatic rings. The van der Waals surface area contributed by atoms with Crippen LogP contribution in [0.15, 0.2) is 72.8 Å². The Morgan fingerprint density at radius 2 is 1.43 bits per heavy atom. The standard InChI is InChI=1S/C18H12N3/c1-2-7-14(8-3-1)15-9-6-10-16(13-15)21-19-17-11-4-5-12-18(17)20-21/h1-8,10-13H. The number of rotatable bonds is 2. The van der Waals surface area contributed by atoms with Gasteiger partial charge < -0.3 is 0 Å². The SMILES string of the molecule is [c]1ccc(-n2nc3ccccc3n2)cc1-c1ccccc1. The van der Waals surface area contributed by atoms with Gasteiger partial charge in [0.25, 0.3) is 0 Å². The van der Waals surface area contributed by atoms with Crippen LogP contribution in [0.4, 0.5) is 0 Å². The fourth-order valence-electron chi connectivity index (χ4n) is 2.34. The quantitative estimate of drug-likeness (QED) is 0.553. The Morgan fingerprint density at radius 1 is 0.762 bits per heavy atom. The lowest BCUT2D eigenvalue weighted by Gasteiger charge is -2.04. The van der Waals surface area contributed by atoms with Crippen LogP contribution in [0.3, 0.4) is 0 Å². The predicted octanol–water partition coefficient (Wildman–Crippen LogP) is 3.89. The second-order valence-electron chi connectivity index (χ2n) is 4.80. The van der Waals surface area contributed by atoms with Crippen LogP contribution in [0.1, 0.15) is 0 Å². The molecule has 0 N–H and O–H groups in total. The number of benzene rings is 3. The zero-order chi connectivity index (χ0) is 14.1. The second-order valence-corrected chi connectivity index (χ2v) is 4.80. The lowest BCUT2D eigenvalue weighted by atomic mass is 10.1. The van der Waals surface area contributed by atoms with Gasteiger partial charge in [0.15, 0.2) is 0 Å². The van der Waals surface area contributed by atoms with Gasteiger partial charge in [0.1, 0.15) is 11.0 Å². The highest BCUT2D eigenvalue weighted by Crippen LogP contribution is 2.21. The van der Waals surface area contributed by atoms with E-state index in [1.54, 1.807) is 4.80 Å². The topological polar surface area (TPSA) is 30.7 Å². The van der Waals surface area contributed by atoms with Crippen molar-refractivity contribution in [2.75, 3.05) is 0 Å². The molecule has 21 heavy (non-hydrogen) atoms. The van der Waals surface area contributed by atoms with Crippen LogP contribution in [0.25, 0.3) is 27.8 Å². The maximum Gasteiger partial charge on any atom is 0.113 e. The summed E-state index contributed by atoms with van der Waals surface area (Å²) in [4.78, 5) is 1.67. The first kappa shape index (κ1) is 11.9. The Kier molecular flexibility index (Phi) is 2.75. The molecular formula is C18H12N3. The summed E-state index contributed by atoms with van der Waals surface area (Å²) in [6.07, 6.45) is 0. The summed E-state index contributed by atoms with van der Waals surface area (Å²) >= 11 is 0. The summed E-state index contributed by atoms with van der Waals surface area (Å²) in [5.74, 6) is 0. The van der Waals surface area contributed by atoms with Crippen molar-refractivity contribution in [1.82, 2.24) is 15.0 Å². The van der Waals surface area contributed by atoms with Gasteiger partial charge in [-0.15, -0.1) is 10.2 Å². The molecule has 0 bridgehead atoms. The van der Waals surface area contributed by atoms with Gasteiger partial charge in [0, 0.05) is 0 Å². The van der Waals surface area contributed by atoms with Crippen molar-refractivity contribution in [3.63, 3.8) is 0 Å². The molecule has 3 nitrogen and oxygen atoms in total. The van der Waals surface area contributed by atoms with Crippen LogP contribution in [0.2, 0.25) is 0 Å². The summed E-state index contributed by atoms with van der Waals surface area (Å²) in [5, 5.41) is 9.02. The molecule has 1 heterocycles. The highest BCUT2D eigenvalue weighted by molar-refractivity contribution is 5.73. The van der Waals surface area contributed by atoms with Crippen LogP contribution < -0.4 is 0 Å². The molecule has 0 fully saturated rings. The van der Waals surface area contributed by atoms with Gasteiger partial charge in [0.05, 0.1) is 5.69 Å². The summed E-state index contributed by atoms with van der Waals surface area (Å²) < 4.78 is 0. The van der Waals surface area contributed by atoms with Crippen LogP contribution in [-0.2, 0) is 0 Å². The molecule has 99 valence electrons. The summed E-state index contributed by atoms with van der Waals surface area (Å²) in [5.41, 5.74) is 4.90. The Morgan fingerprint density at radius 3 is 2.14 bits per heavy atom. The van der Waals surface area contributed by atoms with Crippen LogP contribution in [0, 0.1) is 6.07 Å². The summed E-state index contributed by atoms with van der Waals surface area (Å²) in [6, 6.07) is 27.2. The van der Waals surface area contributed by atoms with Crippen LogP contribution in [0.5, 0.6) is 0 Å². The molecule has 1 radical (unpaired) electrons. The Balaban J connectivity index is 1.82. The minimum Gasteiger partial charge on any atom is -0.150 e. The van der Waals surface area contributed by atoms with Crippen molar-refractivity contribution in [3.05, 3.63) is 78.9 Å². The zero-order valence-corrected chi connectivity index (χ0v) is 11.3. The van der Waals surface area contributed by atoms with E-state index in [1.165, 1.54) is 0 Å². The normalized spacial score (nSPS) is 10.9. The van der Waals surface area contributed by atoms with Gasteiger partial charge in [-0.25, -0.2) is 0 Å². The molecule has 0 saturated heterocycles. The molecule has 0 spiro atoms. The first-order valence-electron chi connectivity index (χ1n) is 6.80. The number of fused-ring (bicyclic) bond motifs is 1. The first-order valence-corrected chi connectivity index (χ1v) is 6.80. The molecule has 4 rings (SSSR count). The minimum absolute atomic E-state index is 0.895. The maximum atomic E-state index is 4.51. The molecular weight excluding hydrogens is 258 g/mol. The van der Waals surface area contributed by atoms with E-state index in [-0.39, 0.29) is 0 Å². The third kappa shape index (κ3) is 2.19. The zero-order valence-electron chi connectivity index (χ0n) is 11.3. The molecule has 0 saturated carbocycles. The number of nitrogens with zero attached hydrogens (tertiary/aromatic N) is 3. The summed E-state index contributed by atoms with van der Waals surface area (Å²) in [6.45, 7) is 0. The highest BCUT2D eigenvalue weighted by atomic mass is 15.5. The predicted molar refractivity (Wildman–Crippen MR) is 83.1 cm³/mol. The fourth-order valence-corrected chi connectivity index (χ4v) is 2.34. The highest BCUT2D eigenvalue weighted by Gasteiger charge is 2.05. The van der Waals surface area contributed by atoms with Crippen molar-refractivity contribution in [1.29, 1.82) is 0 Å². The molecule has 3 aromatic carbocycles. The van der Waals surface area contributed by atoms with E-state index in [2.05, 4.69) is 28.4 Å². The lowest BCUT2D eigenvalue weighted by Crippen LogP contribution is -1.98. The van der Waals surface area contributed by atoms with Crippen molar-refractivity contribution in [3.8, 4) is 16.8 Å². The molecule has 0 aliphatic carbocycles. The van der Waals surface area contributed by atoms with Crippen molar-refractivity contribution in [2.24, 2.45) is 0 Å². The van der Waals surface area contributed by atoms with Crippen molar-refractivity contribution < 1.29 is 0 Å². The molecule has 0 amide bonds. The number of hydrogen-bond donors (Lipinski definition) is 0. The minimum atomic E-state index is 0.895. The lowest BCUT2D eigenvalue weighted by molar-refractivity contribution is 0.766. The largest absolute Gasteiger partial charge is 0.150 e. The molecule has 0 aliphatic heterocycles. The monoisotopic (exact) mass is 270 g/mol. The average Bonchev–Trinajstić information content (AvgIpc) is 3.00. The molecule has 0 aliphatic rings. The smallest absolute Gasteiger partial charge is 0.113 e. The van der Waals surface area contributed by atoms with E-state index < -0.39 is 0 Å². The Hall–Kier alpha value is -2.94. The maximum absolute atomic E-state index is 4.51. The van der Waals surface area contributed by atoms with E-state index in [0.29, 0.717) is 0 Å². The van der Waals surface area contributed by atoms with Gasteiger partial charge >= 0.3 is 0 Å². The van der Waals surface area contributed by atoms with Gasteiger partial charge in [-0.1, -0.05) is 48.5 Å². The van der Waals surface area contributed by atoms with Gasteiger partial charge in [-0.05, 0) is 41.5 Å². The molecule has 1 aromatic heterocycles. The fraction of sp³-hybridized carbons (Fsp3) is 0. The van der Waals surface area contributed by atoms with Gasteiger partial charge in [-0.3, -0.25) is 0 Å². The van der Waals surface area contributed by atoms with Crippen LogP contribution in [-0.4, -0.2) is 15.0 Å². The van der Waals surface area contributed by atoms with E-state index >= 15 is 0 Å². The summed E-state index contributed by atoms with van der Waals surface area (Å²) in [7, 11) is 0. The Labute approximate surface area is 122 Å². The molecule has 0 atom stereocenters. The van der Waals surface area contributed by atoms with Crippen molar-refractivity contribution >= 4 is 11.0 Å². The van der Waals surface area contributed by atoms with E-state index in [1.807, 2.05) is 60.7 Å². The number of aromatic nitrogens is 3. The van der Waals surface area contributed by atoms with Gasteiger partial charge in [-0.2, -0.15) is 4.80 Å². The van der Waals surface area contributed by atoms with Crippen molar-refractivity contribution in [2.45, 2.75) is 0 Å². The first-order chi connectivity index (χ1) is 10.4. The van der Waals surface area contributed by atoms with E-state index in [0.717, 1.165) is 27.8 Å². The van der Waals surface area contributed by atoms with Gasteiger partial charge in [0.2, 0.25) is 0 Å². The number of hydrogen-bond acceptors (Lipinski definition) is 2. The molecule has 3 heteroatoms. The third-order valence-electron chi connectivity index (χ3n) is 3.39. The second kappa shape index (κ2) is 4.87. The molecule has 0 unspecified atom stereocenters. The van der Waals surface area contributed by atoms with E-state index in [9.17, 15) is 0 Å². The average molecular weight is 270 g/mol. The Bertz CT molecular complexity index is 861. The van der Waals surface area contributed by atoms with Crippen LogP contribution >= 0.6 is 0 Å². The van der Waals surface area contributed by atoms with E-state index in [4.69, 9.17) is 0 Å².